The maximum absolute atomic E-state index is 12.1. The van der Waals surface area contributed by atoms with Gasteiger partial charge in [0.05, 0.1) is 12.2 Å². The minimum absolute atomic E-state index is 0.0131. The standard InChI is InChI=1S/C16H24N2O3/c1-4-21-16(20)14-9-11(2)18(12(14)3)10-15(19)17-13-7-5-6-8-13/h9,13H,4-8,10H2,1-3H3,(H,17,19). The van der Waals surface area contributed by atoms with E-state index in [9.17, 15) is 9.59 Å². The van der Waals surface area contributed by atoms with E-state index in [0.717, 1.165) is 24.2 Å². The zero-order valence-corrected chi connectivity index (χ0v) is 13.1. The predicted octanol–water partition coefficient (Wildman–Crippen LogP) is 2.34. The Hall–Kier alpha value is -1.78. The molecule has 0 atom stereocenters. The Balaban J connectivity index is 2.05. The Morgan fingerprint density at radius 1 is 1.33 bits per heavy atom. The summed E-state index contributed by atoms with van der Waals surface area (Å²) in [5.74, 6) is -0.313. The maximum atomic E-state index is 12.1. The molecule has 1 amide bonds. The van der Waals surface area contributed by atoms with Gasteiger partial charge in [0.25, 0.3) is 0 Å². The summed E-state index contributed by atoms with van der Waals surface area (Å²) >= 11 is 0. The summed E-state index contributed by atoms with van der Waals surface area (Å²) < 4.78 is 6.91. The van der Waals surface area contributed by atoms with Crippen LogP contribution in [0, 0.1) is 13.8 Å². The molecule has 21 heavy (non-hydrogen) atoms. The highest BCUT2D eigenvalue weighted by atomic mass is 16.5. The monoisotopic (exact) mass is 292 g/mol. The fourth-order valence-electron chi connectivity index (χ4n) is 2.95. The van der Waals surface area contributed by atoms with Gasteiger partial charge in [0.2, 0.25) is 5.91 Å². The van der Waals surface area contributed by atoms with Crippen molar-refractivity contribution in [3.63, 3.8) is 0 Å². The van der Waals surface area contributed by atoms with Crippen molar-refractivity contribution in [2.75, 3.05) is 6.61 Å². The van der Waals surface area contributed by atoms with Gasteiger partial charge in [0.15, 0.2) is 0 Å². The normalized spacial score (nSPS) is 15.2. The van der Waals surface area contributed by atoms with Gasteiger partial charge < -0.3 is 14.6 Å². The SMILES string of the molecule is CCOC(=O)c1cc(C)n(CC(=O)NC2CCCC2)c1C. The van der Waals surface area contributed by atoms with Gasteiger partial charge in [-0.15, -0.1) is 0 Å². The summed E-state index contributed by atoms with van der Waals surface area (Å²) in [6, 6.07) is 2.11. The zero-order valence-electron chi connectivity index (χ0n) is 13.1. The van der Waals surface area contributed by atoms with E-state index in [4.69, 9.17) is 4.74 Å². The van der Waals surface area contributed by atoms with Crippen molar-refractivity contribution in [2.45, 2.75) is 59.0 Å². The summed E-state index contributed by atoms with van der Waals surface area (Å²) in [7, 11) is 0. The number of rotatable bonds is 5. The van der Waals surface area contributed by atoms with Gasteiger partial charge in [0, 0.05) is 17.4 Å². The van der Waals surface area contributed by atoms with Crippen LogP contribution < -0.4 is 5.32 Å². The number of carbonyl (C=O) groups excluding carboxylic acids is 2. The highest BCUT2D eigenvalue weighted by molar-refractivity contribution is 5.91. The van der Waals surface area contributed by atoms with Crippen LogP contribution in [-0.4, -0.2) is 29.1 Å². The molecule has 1 aliphatic rings. The smallest absolute Gasteiger partial charge is 0.339 e. The molecule has 1 saturated carbocycles. The molecule has 5 nitrogen and oxygen atoms in total. The Bertz CT molecular complexity index is 528. The van der Waals surface area contributed by atoms with Crippen molar-refractivity contribution in [1.82, 2.24) is 9.88 Å². The van der Waals surface area contributed by atoms with Gasteiger partial charge in [-0.2, -0.15) is 0 Å². The summed E-state index contributed by atoms with van der Waals surface area (Å²) in [6.45, 7) is 6.14. The molecule has 0 aliphatic heterocycles. The van der Waals surface area contributed by atoms with E-state index in [1.807, 2.05) is 18.4 Å². The van der Waals surface area contributed by atoms with Gasteiger partial charge in [-0.25, -0.2) is 4.79 Å². The Labute approximate surface area is 125 Å². The topological polar surface area (TPSA) is 60.3 Å². The number of carbonyl (C=O) groups is 2. The van der Waals surface area contributed by atoms with Crippen molar-refractivity contribution in [1.29, 1.82) is 0 Å². The van der Waals surface area contributed by atoms with Gasteiger partial charge >= 0.3 is 5.97 Å². The fourth-order valence-corrected chi connectivity index (χ4v) is 2.95. The summed E-state index contributed by atoms with van der Waals surface area (Å²) in [4.78, 5) is 24.0. The molecule has 1 fully saturated rings. The molecule has 0 saturated heterocycles. The van der Waals surface area contributed by atoms with E-state index in [2.05, 4.69) is 5.32 Å². The molecule has 1 N–H and O–H groups in total. The minimum atomic E-state index is -0.326. The average molecular weight is 292 g/mol. The number of hydrogen-bond donors (Lipinski definition) is 1. The van der Waals surface area contributed by atoms with Gasteiger partial charge in [-0.1, -0.05) is 12.8 Å². The lowest BCUT2D eigenvalue weighted by molar-refractivity contribution is -0.122. The van der Waals surface area contributed by atoms with Crippen LogP contribution in [0.4, 0.5) is 0 Å². The first-order valence-corrected chi connectivity index (χ1v) is 7.66. The van der Waals surface area contributed by atoms with Crippen molar-refractivity contribution in [3.05, 3.63) is 23.0 Å². The molecule has 1 aromatic heterocycles. The lowest BCUT2D eigenvalue weighted by Gasteiger charge is -2.14. The van der Waals surface area contributed by atoms with E-state index in [1.165, 1.54) is 12.8 Å². The molecule has 0 aromatic carbocycles. The molecule has 2 rings (SSSR count). The fraction of sp³-hybridized carbons (Fsp3) is 0.625. The first-order valence-electron chi connectivity index (χ1n) is 7.66. The quantitative estimate of drug-likeness (QED) is 0.847. The van der Waals surface area contributed by atoms with Crippen LogP contribution in [0.25, 0.3) is 0 Å². The number of nitrogens with one attached hydrogen (secondary N) is 1. The van der Waals surface area contributed by atoms with Crippen LogP contribution in [0.1, 0.15) is 54.4 Å². The Morgan fingerprint density at radius 3 is 2.62 bits per heavy atom. The molecule has 5 heteroatoms. The van der Waals surface area contributed by atoms with Crippen LogP contribution in [0.2, 0.25) is 0 Å². The maximum Gasteiger partial charge on any atom is 0.339 e. The second-order valence-corrected chi connectivity index (χ2v) is 5.64. The number of hydrogen-bond acceptors (Lipinski definition) is 3. The lowest BCUT2D eigenvalue weighted by atomic mass is 10.2. The number of nitrogens with zero attached hydrogens (tertiary/aromatic N) is 1. The predicted molar refractivity (Wildman–Crippen MR) is 80.3 cm³/mol. The molecule has 1 heterocycles. The van der Waals surface area contributed by atoms with Crippen LogP contribution in [0.5, 0.6) is 0 Å². The van der Waals surface area contributed by atoms with E-state index in [0.29, 0.717) is 18.2 Å². The average Bonchev–Trinajstić information content (AvgIpc) is 3.02. The van der Waals surface area contributed by atoms with Crippen LogP contribution >= 0.6 is 0 Å². The first-order chi connectivity index (χ1) is 10.0. The second kappa shape index (κ2) is 6.78. The largest absolute Gasteiger partial charge is 0.462 e. The highest BCUT2D eigenvalue weighted by Gasteiger charge is 2.20. The summed E-state index contributed by atoms with van der Waals surface area (Å²) in [5.41, 5.74) is 2.23. The molecule has 1 aliphatic carbocycles. The molecule has 0 unspecified atom stereocenters. The number of aryl methyl sites for hydroxylation is 1. The molecule has 1 aromatic rings. The number of ether oxygens (including phenoxy) is 1. The molecular formula is C16H24N2O3. The summed E-state index contributed by atoms with van der Waals surface area (Å²) in [5, 5.41) is 3.07. The first kappa shape index (κ1) is 15.6. The van der Waals surface area contributed by atoms with Crippen molar-refractivity contribution in [3.8, 4) is 0 Å². The van der Waals surface area contributed by atoms with Gasteiger partial charge in [-0.05, 0) is 39.7 Å². The number of amides is 1. The molecule has 0 spiro atoms. The second-order valence-electron chi connectivity index (χ2n) is 5.64. The van der Waals surface area contributed by atoms with Crippen molar-refractivity contribution < 1.29 is 14.3 Å². The molecule has 116 valence electrons. The summed E-state index contributed by atoms with van der Waals surface area (Å²) in [6.07, 6.45) is 4.53. The molecular weight excluding hydrogens is 268 g/mol. The van der Waals surface area contributed by atoms with Crippen molar-refractivity contribution >= 4 is 11.9 Å². The molecule has 0 bridgehead atoms. The third-order valence-corrected chi connectivity index (χ3v) is 4.09. The third kappa shape index (κ3) is 3.65. The Kier molecular flexibility index (Phi) is 5.04. The minimum Gasteiger partial charge on any atom is -0.462 e. The Morgan fingerprint density at radius 2 is 2.00 bits per heavy atom. The third-order valence-electron chi connectivity index (χ3n) is 4.09. The van der Waals surface area contributed by atoms with E-state index < -0.39 is 0 Å². The van der Waals surface area contributed by atoms with Crippen molar-refractivity contribution in [2.24, 2.45) is 0 Å². The zero-order chi connectivity index (χ0) is 15.4. The van der Waals surface area contributed by atoms with E-state index >= 15 is 0 Å². The van der Waals surface area contributed by atoms with E-state index in [1.54, 1.807) is 13.0 Å². The molecule has 0 radical (unpaired) electrons. The van der Waals surface area contributed by atoms with Gasteiger partial charge in [-0.3, -0.25) is 4.79 Å². The van der Waals surface area contributed by atoms with Gasteiger partial charge in [0.1, 0.15) is 6.54 Å². The number of aromatic nitrogens is 1. The highest BCUT2D eigenvalue weighted by Crippen LogP contribution is 2.19. The lowest BCUT2D eigenvalue weighted by Crippen LogP contribution is -2.35. The number of esters is 1. The van der Waals surface area contributed by atoms with E-state index in [-0.39, 0.29) is 18.4 Å². The van der Waals surface area contributed by atoms with Crippen LogP contribution in [0.3, 0.4) is 0 Å². The van der Waals surface area contributed by atoms with Crippen LogP contribution in [0.15, 0.2) is 6.07 Å². The van der Waals surface area contributed by atoms with Crippen LogP contribution in [-0.2, 0) is 16.1 Å².